The number of amides is 2. The third-order valence-electron chi connectivity index (χ3n) is 8.74. The Labute approximate surface area is 248 Å². The molecule has 1 fully saturated rings. The molecule has 2 aliphatic rings. The van der Waals surface area contributed by atoms with E-state index in [0.29, 0.717) is 11.5 Å². The molecule has 6 rings (SSSR count). The van der Waals surface area contributed by atoms with Gasteiger partial charge >= 0.3 is 0 Å². The van der Waals surface area contributed by atoms with Crippen LogP contribution in [0.5, 0.6) is 0 Å². The van der Waals surface area contributed by atoms with Crippen LogP contribution in [0.4, 0.5) is 5.82 Å². The molecule has 1 aromatic heterocycles. The van der Waals surface area contributed by atoms with Crippen molar-refractivity contribution in [1.29, 1.82) is 0 Å². The van der Waals surface area contributed by atoms with Crippen LogP contribution in [0.15, 0.2) is 84.9 Å². The second-order valence-electron chi connectivity index (χ2n) is 11.6. The molecule has 0 saturated carbocycles. The van der Waals surface area contributed by atoms with Crippen LogP contribution in [-0.2, 0) is 30.7 Å². The summed E-state index contributed by atoms with van der Waals surface area (Å²) >= 11 is 0. The number of carbonyl (C=O) groups excluding carboxylic acids is 2. The number of imidazole rings is 1. The van der Waals surface area contributed by atoms with Gasteiger partial charge in [0.2, 0.25) is 5.91 Å². The van der Waals surface area contributed by atoms with Crippen molar-refractivity contribution in [3.63, 3.8) is 0 Å². The molecule has 1 saturated heterocycles. The van der Waals surface area contributed by atoms with E-state index in [2.05, 4.69) is 58.0 Å². The zero-order valence-corrected chi connectivity index (χ0v) is 24.6. The monoisotopic (exact) mass is 561 g/mol. The van der Waals surface area contributed by atoms with Gasteiger partial charge < -0.3 is 9.47 Å². The maximum absolute atomic E-state index is 14.1. The molecule has 0 spiro atoms. The zero-order chi connectivity index (χ0) is 29.1. The van der Waals surface area contributed by atoms with E-state index in [1.54, 1.807) is 11.9 Å². The molecule has 4 aromatic rings. The number of likely N-dealkylation sites (tertiary alicyclic amines) is 1. The molecule has 1 atom stereocenters. The summed E-state index contributed by atoms with van der Waals surface area (Å²) in [5.41, 5.74) is 5.21. The molecule has 1 unspecified atom stereocenters. The molecule has 7 heteroatoms. The van der Waals surface area contributed by atoms with Crippen LogP contribution in [0.25, 0.3) is 11.1 Å². The predicted octanol–water partition coefficient (Wildman–Crippen LogP) is 5.44. The van der Waals surface area contributed by atoms with Gasteiger partial charge in [0.1, 0.15) is 5.82 Å². The standard InChI is InChI=1S/C35H39N5O2/c1-37(30-20-22-39(25-30)24-27-16-18-29(19-17-27)28-13-7-4-8-14-28)35(42)33-34(36-31-15-9-10-21-40(31)33)38(2)32(41)23-26-11-5-3-6-12-26/h3-8,11-14,16-19,30H,9-10,15,20-25H2,1-2H3. The first-order chi connectivity index (χ1) is 20.5. The topological polar surface area (TPSA) is 61.7 Å². The molecule has 0 aliphatic carbocycles. The average molecular weight is 562 g/mol. The normalized spacial score (nSPS) is 16.7. The van der Waals surface area contributed by atoms with E-state index in [0.717, 1.165) is 63.3 Å². The smallest absolute Gasteiger partial charge is 0.274 e. The van der Waals surface area contributed by atoms with Crippen LogP contribution in [0.1, 0.15) is 46.7 Å². The Bertz CT molecular complexity index is 1530. The lowest BCUT2D eigenvalue weighted by Gasteiger charge is -2.27. The first kappa shape index (κ1) is 27.9. The van der Waals surface area contributed by atoms with Crippen LogP contribution in [0.3, 0.4) is 0 Å². The van der Waals surface area contributed by atoms with Crippen molar-refractivity contribution in [2.75, 3.05) is 32.1 Å². The largest absolute Gasteiger partial charge is 0.336 e. The van der Waals surface area contributed by atoms with Crippen molar-refractivity contribution in [3.8, 4) is 11.1 Å². The van der Waals surface area contributed by atoms with Crippen LogP contribution < -0.4 is 4.90 Å². The number of aryl methyl sites for hydroxylation is 1. The highest BCUT2D eigenvalue weighted by Gasteiger charge is 2.35. The Morgan fingerprint density at radius 2 is 1.52 bits per heavy atom. The summed E-state index contributed by atoms with van der Waals surface area (Å²) in [6, 6.07) is 29.0. The minimum Gasteiger partial charge on any atom is -0.336 e. The Morgan fingerprint density at radius 1 is 0.833 bits per heavy atom. The fourth-order valence-electron chi connectivity index (χ4n) is 6.22. The van der Waals surface area contributed by atoms with Gasteiger partial charge in [0.05, 0.1) is 6.42 Å². The molecule has 0 N–H and O–H groups in total. The summed E-state index contributed by atoms with van der Waals surface area (Å²) in [6.07, 6.45) is 4.07. The van der Waals surface area contributed by atoms with Crippen LogP contribution in [0.2, 0.25) is 0 Å². The van der Waals surface area contributed by atoms with Crippen molar-refractivity contribution < 1.29 is 9.59 Å². The van der Waals surface area contributed by atoms with Gasteiger partial charge in [-0.1, -0.05) is 84.9 Å². The highest BCUT2D eigenvalue weighted by molar-refractivity contribution is 6.03. The third-order valence-corrected chi connectivity index (χ3v) is 8.74. The molecule has 7 nitrogen and oxygen atoms in total. The molecule has 2 amide bonds. The van der Waals surface area contributed by atoms with E-state index in [9.17, 15) is 9.59 Å². The van der Waals surface area contributed by atoms with Gasteiger partial charge in [-0.15, -0.1) is 0 Å². The van der Waals surface area contributed by atoms with E-state index >= 15 is 0 Å². The van der Waals surface area contributed by atoms with E-state index in [4.69, 9.17) is 4.98 Å². The lowest BCUT2D eigenvalue weighted by atomic mass is 10.0. The third kappa shape index (κ3) is 5.88. The summed E-state index contributed by atoms with van der Waals surface area (Å²) in [5.74, 6) is 1.26. The van der Waals surface area contributed by atoms with Crippen LogP contribution in [0, 0.1) is 0 Å². The molecule has 216 valence electrons. The molecule has 0 radical (unpaired) electrons. The first-order valence-electron chi connectivity index (χ1n) is 15.0. The van der Waals surface area contributed by atoms with Crippen molar-refractivity contribution in [2.45, 2.75) is 51.2 Å². The Kier molecular flexibility index (Phi) is 8.20. The minimum atomic E-state index is -0.0707. The number of benzene rings is 3. The predicted molar refractivity (Wildman–Crippen MR) is 166 cm³/mol. The van der Waals surface area contributed by atoms with E-state index in [1.807, 2.05) is 48.3 Å². The zero-order valence-electron chi connectivity index (χ0n) is 24.6. The maximum atomic E-state index is 14.1. The van der Waals surface area contributed by atoms with Crippen molar-refractivity contribution in [2.24, 2.45) is 0 Å². The highest BCUT2D eigenvalue weighted by Crippen LogP contribution is 2.29. The Hall–Kier alpha value is -4.23. The molecule has 3 aromatic carbocycles. The summed E-state index contributed by atoms with van der Waals surface area (Å²) < 4.78 is 2.06. The van der Waals surface area contributed by atoms with Gasteiger partial charge in [-0.3, -0.25) is 19.4 Å². The summed E-state index contributed by atoms with van der Waals surface area (Å²) in [4.78, 5) is 38.2. The number of hydrogen-bond acceptors (Lipinski definition) is 4. The van der Waals surface area contributed by atoms with E-state index in [-0.39, 0.29) is 24.3 Å². The minimum absolute atomic E-state index is 0.0518. The first-order valence-corrected chi connectivity index (χ1v) is 15.0. The van der Waals surface area contributed by atoms with Crippen LogP contribution >= 0.6 is 0 Å². The maximum Gasteiger partial charge on any atom is 0.274 e. The van der Waals surface area contributed by atoms with Crippen molar-refractivity contribution >= 4 is 17.6 Å². The molecule has 0 bridgehead atoms. The number of hydrogen-bond donors (Lipinski definition) is 0. The average Bonchev–Trinajstić information content (AvgIpc) is 3.66. The van der Waals surface area contributed by atoms with Gasteiger partial charge in [-0.2, -0.15) is 0 Å². The number of rotatable bonds is 8. The van der Waals surface area contributed by atoms with E-state index in [1.165, 1.54) is 16.7 Å². The van der Waals surface area contributed by atoms with Gasteiger partial charge in [0.15, 0.2) is 11.5 Å². The number of anilines is 1. The number of nitrogens with zero attached hydrogens (tertiary/aromatic N) is 5. The number of likely N-dealkylation sites (N-methyl/N-ethyl adjacent to an activating group) is 2. The van der Waals surface area contributed by atoms with Gasteiger partial charge in [0.25, 0.3) is 5.91 Å². The van der Waals surface area contributed by atoms with Gasteiger partial charge in [-0.25, -0.2) is 4.98 Å². The number of aromatic nitrogens is 2. The van der Waals surface area contributed by atoms with Crippen molar-refractivity contribution in [3.05, 3.63) is 108 Å². The van der Waals surface area contributed by atoms with Gasteiger partial charge in [-0.05, 0) is 41.5 Å². The molecule has 3 heterocycles. The molecular formula is C35H39N5O2. The summed E-state index contributed by atoms with van der Waals surface area (Å²) in [7, 11) is 3.65. The van der Waals surface area contributed by atoms with Crippen LogP contribution in [-0.4, -0.2) is 64.4 Å². The summed E-state index contributed by atoms with van der Waals surface area (Å²) in [5, 5.41) is 0. The SMILES string of the molecule is CN(C(=O)Cc1ccccc1)c1nc2n(c1C(=O)N(C)C1CCN(Cc3ccc(-c4ccccc4)cc3)C1)CCCC2. The fraction of sp³-hybridized carbons (Fsp3) is 0.343. The van der Waals surface area contributed by atoms with Gasteiger partial charge in [0, 0.05) is 52.7 Å². The number of fused-ring (bicyclic) bond motifs is 1. The lowest BCUT2D eigenvalue weighted by molar-refractivity contribution is -0.117. The number of carbonyl (C=O) groups is 2. The second kappa shape index (κ2) is 12.3. The lowest BCUT2D eigenvalue weighted by Crippen LogP contribution is -2.41. The highest BCUT2D eigenvalue weighted by atomic mass is 16.2. The summed E-state index contributed by atoms with van der Waals surface area (Å²) in [6.45, 7) is 3.38. The Morgan fingerprint density at radius 3 is 2.26 bits per heavy atom. The Balaban J connectivity index is 1.15. The second-order valence-corrected chi connectivity index (χ2v) is 11.6. The molecule has 2 aliphatic heterocycles. The quantitative estimate of drug-likeness (QED) is 0.288. The van der Waals surface area contributed by atoms with E-state index < -0.39 is 0 Å². The van der Waals surface area contributed by atoms with Crippen molar-refractivity contribution in [1.82, 2.24) is 19.4 Å². The molecule has 42 heavy (non-hydrogen) atoms. The molecular weight excluding hydrogens is 522 g/mol. The fourth-order valence-corrected chi connectivity index (χ4v) is 6.22.